The van der Waals surface area contributed by atoms with E-state index in [1.165, 1.54) is 24.3 Å². The number of rotatable bonds is 10. The fourth-order valence-corrected chi connectivity index (χ4v) is 2.27. The largest absolute Gasteiger partial charge is 0.471 e. The topological polar surface area (TPSA) is 89.3 Å². The number of hydrogen-bond donors (Lipinski definition) is 2. The van der Waals surface area contributed by atoms with E-state index >= 15 is 0 Å². The van der Waals surface area contributed by atoms with Crippen LogP contribution in [0.1, 0.15) is 36.0 Å². The number of halogens is 4. The Balaban J connectivity index is 1.82. The van der Waals surface area contributed by atoms with E-state index in [0.717, 1.165) is 12.8 Å². The van der Waals surface area contributed by atoms with Gasteiger partial charge in [0.1, 0.15) is 0 Å². The lowest BCUT2D eigenvalue weighted by Crippen LogP contribution is -2.39. The number of unbranched alkanes of at least 4 members (excludes halogenated alkanes) is 1. The summed E-state index contributed by atoms with van der Waals surface area (Å²) in [6.45, 7) is 2.70. The highest BCUT2D eigenvalue weighted by Crippen LogP contribution is 2.29. The fourth-order valence-electron chi connectivity index (χ4n) is 2.09. The Bertz CT molecular complexity index is 753. The van der Waals surface area contributed by atoms with E-state index in [-0.39, 0.29) is 17.8 Å². The van der Waals surface area contributed by atoms with Crippen LogP contribution < -0.4 is 10.8 Å². The zero-order valence-corrected chi connectivity index (χ0v) is 15.8. The molecule has 0 aliphatic rings. The van der Waals surface area contributed by atoms with Crippen LogP contribution in [0.3, 0.4) is 0 Å². The van der Waals surface area contributed by atoms with Gasteiger partial charge in [-0.15, -0.1) is 11.6 Å². The van der Waals surface area contributed by atoms with Crippen molar-refractivity contribution >= 4 is 17.5 Å². The SMILES string of the molecule is CC(CNC(=O)c1ccc(-c2noc(C(F)(F)F)n2)cc1)NOCCCCCl. The molecule has 7 nitrogen and oxygen atoms in total. The number of nitrogens with zero attached hydrogens (tertiary/aromatic N) is 2. The first-order valence-electron chi connectivity index (χ1n) is 8.54. The molecule has 2 aromatic rings. The van der Waals surface area contributed by atoms with Crippen molar-refractivity contribution < 1.29 is 27.3 Å². The molecular formula is C17H20ClF3N4O3. The Labute approximate surface area is 164 Å². The molecule has 154 valence electrons. The van der Waals surface area contributed by atoms with Gasteiger partial charge < -0.3 is 14.7 Å². The lowest BCUT2D eigenvalue weighted by molar-refractivity contribution is -0.159. The van der Waals surface area contributed by atoms with Crippen molar-refractivity contribution in [1.29, 1.82) is 0 Å². The second-order valence-corrected chi connectivity index (χ2v) is 6.35. The molecule has 0 saturated carbocycles. The minimum absolute atomic E-state index is 0.112. The van der Waals surface area contributed by atoms with Crippen LogP contribution in [0.5, 0.6) is 0 Å². The van der Waals surface area contributed by atoms with Crippen LogP contribution in [0.4, 0.5) is 13.2 Å². The van der Waals surface area contributed by atoms with E-state index in [9.17, 15) is 18.0 Å². The van der Waals surface area contributed by atoms with Gasteiger partial charge in [-0.1, -0.05) is 17.3 Å². The maximum Gasteiger partial charge on any atom is 0.471 e. The quantitative estimate of drug-likeness (QED) is 0.348. The lowest BCUT2D eigenvalue weighted by Gasteiger charge is -2.14. The molecule has 1 aromatic carbocycles. The summed E-state index contributed by atoms with van der Waals surface area (Å²) in [4.78, 5) is 20.7. The molecule has 11 heteroatoms. The monoisotopic (exact) mass is 420 g/mol. The average molecular weight is 421 g/mol. The van der Waals surface area contributed by atoms with E-state index in [1.807, 2.05) is 6.92 Å². The molecule has 1 heterocycles. The molecule has 2 N–H and O–H groups in total. The lowest BCUT2D eigenvalue weighted by atomic mass is 10.1. The standard InChI is InChI=1S/C17H20ClF3N4O3/c1-11(24-27-9-3-2-8-18)10-22-15(26)13-6-4-12(5-7-13)14-23-16(28-25-14)17(19,20)21/h4-7,11,24H,2-3,8-10H2,1H3,(H,22,26). The molecule has 1 amide bonds. The van der Waals surface area contributed by atoms with Crippen LogP contribution in [-0.2, 0) is 11.0 Å². The predicted molar refractivity (Wildman–Crippen MR) is 95.6 cm³/mol. The van der Waals surface area contributed by atoms with Gasteiger partial charge in [0.15, 0.2) is 0 Å². The van der Waals surface area contributed by atoms with Gasteiger partial charge in [-0.05, 0) is 31.9 Å². The average Bonchev–Trinajstić information content (AvgIpc) is 3.17. The van der Waals surface area contributed by atoms with E-state index < -0.39 is 12.1 Å². The van der Waals surface area contributed by atoms with Crippen molar-refractivity contribution in [3.63, 3.8) is 0 Å². The molecular weight excluding hydrogens is 401 g/mol. The number of hydrogen-bond acceptors (Lipinski definition) is 6. The Hall–Kier alpha value is -2.17. The van der Waals surface area contributed by atoms with Gasteiger partial charge in [0, 0.05) is 29.6 Å². The first-order valence-corrected chi connectivity index (χ1v) is 9.07. The highest BCUT2D eigenvalue weighted by atomic mass is 35.5. The molecule has 0 aliphatic carbocycles. The van der Waals surface area contributed by atoms with Gasteiger partial charge in [-0.25, -0.2) is 0 Å². The number of carbonyl (C=O) groups excluding carboxylic acids is 1. The summed E-state index contributed by atoms with van der Waals surface area (Å²) in [5.41, 5.74) is 3.46. The first-order chi connectivity index (χ1) is 13.3. The molecule has 0 radical (unpaired) electrons. The van der Waals surface area contributed by atoms with Crippen molar-refractivity contribution in [3.05, 3.63) is 35.7 Å². The molecule has 0 aliphatic heterocycles. The molecule has 0 fully saturated rings. The van der Waals surface area contributed by atoms with Crippen molar-refractivity contribution in [3.8, 4) is 11.4 Å². The summed E-state index contributed by atoms with van der Waals surface area (Å²) >= 11 is 5.57. The van der Waals surface area contributed by atoms with Crippen LogP contribution in [-0.4, -0.2) is 41.1 Å². The summed E-state index contributed by atoms with van der Waals surface area (Å²) in [5.74, 6) is -1.37. The number of aromatic nitrogens is 2. The van der Waals surface area contributed by atoms with Crippen LogP contribution in [0, 0.1) is 0 Å². The first kappa shape index (κ1) is 22.1. The van der Waals surface area contributed by atoms with Gasteiger partial charge in [0.2, 0.25) is 5.82 Å². The number of alkyl halides is 4. The number of hydroxylamine groups is 1. The third-order valence-corrected chi connectivity index (χ3v) is 3.82. The molecule has 1 atom stereocenters. The third-order valence-electron chi connectivity index (χ3n) is 3.56. The van der Waals surface area contributed by atoms with Crippen LogP contribution in [0.2, 0.25) is 0 Å². The maximum absolute atomic E-state index is 12.5. The van der Waals surface area contributed by atoms with Crippen LogP contribution >= 0.6 is 11.6 Å². The molecule has 28 heavy (non-hydrogen) atoms. The highest BCUT2D eigenvalue weighted by Gasteiger charge is 2.38. The van der Waals surface area contributed by atoms with Gasteiger partial charge in [-0.2, -0.15) is 23.6 Å². The summed E-state index contributed by atoms with van der Waals surface area (Å²) < 4.78 is 41.7. The fraction of sp³-hybridized carbons (Fsp3) is 0.471. The Morgan fingerprint density at radius 2 is 2.00 bits per heavy atom. The normalized spacial score (nSPS) is 12.8. The van der Waals surface area contributed by atoms with Crippen LogP contribution in [0.15, 0.2) is 28.8 Å². The van der Waals surface area contributed by atoms with Gasteiger partial charge in [0.05, 0.1) is 6.61 Å². The maximum atomic E-state index is 12.5. The number of nitrogens with one attached hydrogen (secondary N) is 2. The predicted octanol–water partition coefficient (Wildman–Crippen LogP) is 3.41. The smallest absolute Gasteiger partial charge is 0.350 e. The number of benzene rings is 1. The second-order valence-electron chi connectivity index (χ2n) is 5.97. The van der Waals surface area contributed by atoms with Gasteiger partial charge >= 0.3 is 12.1 Å². The molecule has 0 saturated heterocycles. The Morgan fingerprint density at radius 1 is 1.29 bits per heavy atom. The Morgan fingerprint density at radius 3 is 2.61 bits per heavy atom. The van der Waals surface area contributed by atoms with Crippen molar-refractivity contribution in [2.24, 2.45) is 0 Å². The zero-order chi connectivity index (χ0) is 20.6. The van der Waals surface area contributed by atoms with Gasteiger partial charge in [0.25, 0.3) is 5.91 Å². The summed E-state index contributed by atoms with van der Waals surface area (Å²) in [7, 11) is 0. The van der Waals surface area contributed by atoms with Crippen molar-refractivity contribution in [1.82, 2.24) is 20.9 Å². The van der Waals surface area contributed by atoms with E-state index in [4.69, 9.17) is 16.4 Å². The molecule has 1 unspecified atom stereocenters. The third kappa shape index (κ3) is 6.77. The van der Waals surface area contributed by atoms with E-state index in [2.05, 4.69) is 25.5 Å². The van der Waals surface area contributed by atoms with Crippen molar-refractivity contribution in [2.45, 2.75) is 32.0 Å². The zero-order valence-electron chi connectivity index (χ0n) is 15.1. The minimum Gasteiger partial charge on any atom is -0.350 e. The summed E-state index contributed by atoms with van der Waals surface area (Å²) in [6.07, 6.45) is -3.00. The Kier molecular flexibility index (Phi) is 8.21. The van der Waals surface area contributed by atoms with Crippen molar-refractivity contribution in [2.75, 3.05) is 19.0 Å². The number of carbonyl (C=O) groups is 1. The second kappa shape index (κ2) is 10.4. The number of amides is 1. The summed E-state index contributed by atoms with van der Waals surface area (Å²) in [5, 5.41) is 6.03. The van der Waals surface area contributed by atoms with Gasteiger partial charge in [-0.3, -0.25) is 4.79 Å². The van der Waals surface area contributed by atoms with Crippen LogP contribution in [0.25, 0.3) is 11.4 Å². The molecule has 2 rings (SSSR count). The molecule has 1 aromatic heterocycles. The highest BCUT2D eigenvalue weighted by molar-refractivity contribution is 6.17. The molecule has 0 bridgehead atoms. The molecule has 0 spiro atoms. The van der Waals surface area contributed by atoms with E-state index in [0.29, 0.717) is 30.2 Å². The minimum atomic E-state index is -4.70. The summed E-state index contributed by atoms with van der Waals surface area (Å²) in [6, 6.07) is 5.71. The van der Waals surface area contributed by atoms with E-state index in [1.54, 1.807) is 0 Å².